The van der Waals surface area contributed by atoms with Crippen LogP contribution in [0.5, 0.6) is 0 Å². The molecule has 0 radical (unpaired) electrons. The number of pyridine rings is 1. The van der Waals surface area contributed by atoms with Gasteiger partial charge in [0.1, 0.15) is 0 Å². The lowest BCUT2D eigenvalue weighted by atomic mass is 10.2. The number of carbonyl (C=O) groups is 1. The van der Waals surface area contributed by atoms with Crippen LogP contribution >= 0.6 is 11.6 Å². The molecule has 0 aliphatic carbocycles. The second kappa shape index (κ2) is 4.80. The van der Waals surface area contributed by atoms with Gasteiger partial charge in [0.15, 0.2) is 0 Å². The molecule has 4 nitrogen and oxygen atoms in total. The minimum Gasteiger partial charge on any atom is -0.337 e. The summed E-state index contributed by atoms with van der Waals surface area (Å²) in [6.07, 6.45) is 4.08. The Labute approximate surface area is 99.6 Å². The molecule has 0 saturated carbocycles. The molecular weight excluding hydrogens is 226 g/mol. The van der Waals surface area contributed by atoms with E-state index in [2.05, 4.69) is 10.3 Å². The van der Waals surface area contributed by atoms with Gasteiger partial charge in [-0.25, -0.2) is 0 Å². The van der Waals surface area contributed by atoms with Gasteiger partial charge in [-0.1, -0.05) is 11.6 Å². The molecule has 1 atom stereocenters. The summed E-state index contributed by atoms with van der Waals surface area (Å²) in [5, 5.41) is 3.59. The highest BCUT2D eigenvalue weighted by molar-refractivity contribution is 6.33. The van der Waals surface area contributed by atoms with Crippen molar-refractivity contribution in [2.75, 3.05) is 20.1 Å². The highest BCUT2D eigenvalue weighted by atomic mass is 35.5. The van der Waals surface area contributed by atoms with Crippen LogP contribution in [0.4, 0.5) is 0 Å². The van der Waals surface area contributed by atoms with Crippen molar-refractivity contribution in [3.05, 3.63) is 29.0 Å². The topological polar surface area (TPSA) is 45.2 Å². The molecule has 5 heteroatoms. The first kappa shape index (κ1) is 11.4. The summed E-state index contributed by atoms with van der Waals surface area (Å²) in [7, 11) is 1.91. The quantitative estimate of drug-likeness (QED) is 0.843. The van der Waals surface area contributed by atoms with E-state index in [-0.39, 0.29) is 5.91 Å². The van der Waals surface area contributed by atoms with Gasteiger partial charge < -0.3 is 10.2 Å². The average molecular weight is 240 g/mol. The summed E-state index contributed by atoms with van der Waals surface area (Å²) in [4.78, 5) is 17.8. The molecule has 16 heavy (non-hydrogen) atoms. The van der Waals surface area contributed by atoms with Crippen LogP contribution in [-0.2, 0) is 0 Å². The van der Waals surface area contributed by atoms with Crippen molar-refractivity contribution in [3.63, 3.8) is 0 Å². The predicted molar refractivity (Wildman–Crippen MR) is 62.6 cm³/mol. The Morgan fingerprint density at radius 2 is 2.50 bits per heavy atom. The fourth-order valence-electron chi connectivity index (χ4n) is 1.90. The van der Waals surface area contributed by atoms with Gasteiger partial charge >= 0.3 is 0 Å². The van der Waals surface area contributed by atoms with E-state index in [4.69, 9.17) is 11.6 Å². The number of hydrogen-bond acceptors (Lipinski definition) is 3. The Bertz CT molecular complexity index is 397. The molecule has 1 aromatic heterocycles. The molecule has 1 unspecified atom stereocenters. The summed E-state index contributed by atoms with van der Waals surface area (Å²) in [5.41, 5.74) is 0.536. The molecule has 0 spiro atoms. The molecule has 0 bridgehead atoms. The highest BCUT2D eigenvalue weighted by Gasteiger charge is 2.26. The van der Waals surface area contributed by atoms with Gasteiger partial charge in [0.25, 0.3) is 5.91 Å². The standard InChI is InChI=1S/C11H14ClN3O/c1-13-8-3-5-15(7-8)11(16)9-2-4-14-6-10(9)12/h2,4,6,8,13H,3,5,7H2,1H3. The van der Waals surface area contributed by atoms with Gasteiger partial charge in [-0.3, -0.25) is 9.78 Å². The number of amides is 1. The lowest BCUT2D eigenvalue weighted by molar-refractivity contribution is 0.0790. The van der Waals surface area contributed by atoms with Crippen LogP contribution in [0.2, 0.25) is 5.02 Å². The Hall–Kier alpha value is -1.13. The maximum absolute atomic E-state index is 12.1. The van der Waals surface area contributed by atoms with Crippen LogP contribution in [-0.4, -0.2) is 42.0 Å². The smallest absolute Gasteiger partial charge is 0.255 e. The molecule has 1 N–H and O–H groups in total. The van der Waals surface area contributed by atoms with Gasteiger partial charge in [-0.05, 0) is 19.5 Å². The summed E-state index contributed by atoms with van der Waals surface area (Å²) in [5.74, 6) is -0.00912. The minimum absolute atomic E-state index is 0.00912. The van der Waals surface area contributed by atoms with E-state index in [9.17, 15) is 4.79 Å². The molecule has 2 heterocycles. The summed E-state index contributed by atoms with van der Waals surface area (Å²) in [6.45, 7) is 1.52. The van der Waals surface area contributed by atoms with Gasteiger partial charge in [-0.15, -0.1) is 0 Å². The van der Waals surface area contributed by atoms with Crippen molar-refractivity contribution in [1.82, 2.24) is 15.2 Å². The molecule has 0 aromatic carbocycles. The number of nitrogens with zero attached hydrogens (tertiary/aromatic N) is 2. The molecule has 2 rings (SSSR count). The SMILES string of the molecule is CNC1CCN(C(=O)c2ccncc2Cl)C1. The number of halogens is 1. The molecule has 1 fully saturated rings. The van der Waals surface area contributed by atoms with Crippen molar-refractivity contribution >= 4 is 17.5 Å². The third kappa shape index (κ3) is 2.18. The maximum Gasteiger partial charge on any atom is 0.255 e. The molecule has 1 amide bonds. The lowest BCUT2D eigenvalue weighted by Gasteiger charge is -2.16. The Morgan fingerprint density at radius 3 is 3.12 bits per heavy atom. The predicted octanol–water partition coefficient (Wildman–Crippen LogP) is 1.17. The number of carbonyl (C=O) groups excluding carboxylic acids is 1. The number of likely N-dealkylation sites (tertiary alicyclic amines) is 1. The second-order valence-electron chi connectivity index (χ2n) is 3.88. The van der Waals surface area contributed by atoms with Gasteiger partial charge in [-0.2, -0.15) is 0 Å². The largest absolute Gasteiger partial charge is 0.337 e. The molecule has 1 aliphatic rings. The molecule has 1 aromatic rings. The van der Waals surface area contributed by atoms with E-state index in [0.717, 1.165) is 19.5 Å². The number of aromatic nitrogens is 1. The fraction of sp³-hybridized carbons (Fsp3) is 0.455. The Balaban J connectivity index is 2.12. The Kier molecular flexibility index (Phi) is 3.41. The van der Waals surface area contributed by atoms with Gasteiger partial charge in [0, 0.05) is 31.5 Å². The summed E-state index contributed by atoms with van der Waals surface area (Å²) in [6, 6.07) is 2.06. The van der Waals surface area contributed by atoms with E-state index < -0.39 is 0 Å². The molecule has 1 saturated heterocycles. The van der Waals surface area contributed by atoms with Crippen molar-refractivity contribution in [2.24, 2.45) is 0 Å². The Morgan fingerprint density at radius 1 is 1.69 bits per heavy atom. The zero-order valence-corrected chi connectivity index (χ0v) is 9.87. The van der Waals surface area contributed by atoms with Crippen LogP contribution in [0.15, 0.2) is 18.5 Å². The lowest BCUT2D eigenvalue weighted by Crippen LogP contribution is -2.33. The minimum atomic E-state index is -0.00912. The van der Waals surface area contributed by atoms with E-state index in [1.165, 1.54) is 6.20 Å². The van der Waals surface area contributed by atoms with Crippen molar-refractivity contribution < 1.29 is 4.79 Å². The number of nitrogens with one attached hydrogen (secondary N) is 1. The van der Waals surface area contributed by atoms with Crippen molar-refractivity contribution in [3.8, 4) is 0 Å². The monoisotopic (exact) mass is 239 g/mol. The zero-order chi connectivity index (χ0) is 11.5. The molecule has 86 valence electrons. The first-order valence-electron chi connectivity index (χ1n) is 5.28. The molecule has 1 aliphatic heterocycles. The first-order chi connectivity index (χ1) is 7.72. The van der Waals surface area contributed by atoms with E-state index in [0.29, 0.717) is 16.6 Å². The molecular formula is C11H14ClN3O. The van der Waals surface area contributed by atoms with Crippen LogP contribution in [0.25, 0.3) is 0 Å². The third-order valence-corrected chi connectivity index (χ3v) is 3.19. The first-order valence-corrected chi connectivity index (χ1v) is 5.66. The fourth-order valence-corrected chi connectivity index (χ4v) is 2.10. The van der Waals surface area contributed by atoms with Gasteiger partial charge in [0.05, 0.1) is 10.6 Å². The van der Waals surface area contributed by atoms with Crippen molar-refractivity contribution in [1.29, 1.82) is 0 Å². The maximum atomic E-state index is 12.1. The summed E-state index contributed by atoms with van der Waals surface area (Å²) >= 11 is 5.94. The summed E-state index contributed by atoms with van der Waals surface area (Å²) < 4.78 is 0. The van der Waals surface area contributed by atoms with Crippen LogP contribution < -0.4 is 5.32 Å². The zero-order valence-electron chi connectivity index (χ0n) is 9.11. The normalized spacial score (nSPS) is 20.1. The van der Waals surface area contributed by atoms with Crippen molar-refractivity contribution in [2.45, 2.75) is 12.5 Å². The van der Waals surface area contributed by atoms with Crippen LogP contribution in [0.3, 0.4) is 0 Å². The van der Waals surface area contributed by atoms with Crippen LogP contribution in [0, 0.1) is 0 Å². The average Bonchev–Trinajstić information content (AvgIpc) is 2.77. The van der Waals surface area contributed by atoms with E-state index >= 15 is 0 Å². The number of likely N-dealkylation sites (N-methyl/N-ethyl adjacent to an activating group) is 1. The second-order valence-corrected chi connectivity index (χ2v) is 4.29. The van der Waals surface area contributed by atoms with E-state index in [1.807, 2.05) is 11.9 Å². The number of rotatable bonds is 2. The number of hydrogen-bond donors (Lipinski definition) is 1. The van der Waals surface area contributed by atoms with Gasteiger partial charge in [0.2, 0.25) is 0 Å². The third-order valence-electron chi connectivity index (χ3n) is 2.89. The highest BCUT2D eigenvalue weighted by Crippen LogP contribution is 2.18. The van der Waals surface area contributed by atoms with E-state index in [1.54, 1.807) is 12.3 Å². The van der Waals surface area contributed by atoms with Crippen LogP contribution in [0.1, 0.15) is 16.8 Å².